The molecule has 1 aliphatic rings. The Morgan fingerprint density at radius 3 is 2.78 bits per heavy atom. The molecule has 0 spiro atoms. The van der Waals surface area contributed by atoms with Crippen LogP contribution in [0.3, 0.4) is 0 Å². The Labute approximate surface area is 186 Å². The number of carbonyl (C=O) groups excluding carboxylic acids is 2. The highest BCUT2D eigenvalue weighted by Gasteiger charge is 2.13. The zero-order valence-corrected chi connectivity index (χ0v) is 17.8. The molecule has 0 saturated heterocycles. The van der Waals surface area contributed by atoms with E-state index in [9.17, 15) is 14.4 Å². The van der Waals surface area contributed by atoms with Gasteiger partial charge in [-0.2, -0.15) is 0 Å². The molecular formula is C23H27N5O4. The van der Waals surface area contributed by atoms with E-state index >= 15 is 0 Å². The number of rotatable bonds is 8. The summed E-state index contributed by atoms with van der Waals surface area (Å²) in [4.78, 5) is 44.2. The zero-order valence-electron chi connectivity index (χ0n) is 17.8. The minimum absolute atomic E-state index is 0.0674. The van der Waals surface area contributed by atoms with Crippen molar-refractivity contribution in [2.45, 2.75) is 38.5 Å². The minimum Gasteiger partial charge on any atom is -0.481 e. The zero-order chi connectivity index (χ0) is 22.8. The molecule has 3 rings (SSSR count). The van der Waals surface area contributed by atoms with Gasteiger partial charge in [-0.1, -0.05) is 18.6 Å². The summed E-state index contributed by atoms with van der Waals surface area (Å²) in [5.74, 6) is -0.535. The Balaban J connectivity index is 1.54. The van der Waals surface area contributed by atoms with E-state index in [4.69, 9.17) is 5.11 Å². The first-order chi connectivity index (χ1) is 15.5. The topological polar surface area (TPSA) is 133 Å². The van der Waals surface area contributed by atoms with E-state index in [0.717, 1.165) is 37.3 Å². The van der Waals surface area contributed by atoms with Crippen molar-refractivity contribution in [3.05, 3.63) is 53.7 Å². The highest BCUT2D eigenvalue weighted by atomic mass is 16.4. The Morgan fingerprint density at radius 1 is 1.06 bits per heavy atom. The van der Waals surface area contributed by atoms with Crippen LogP contribution in [0.1, 0.15) is 48.0 Å². The Kier molecular flexibility index (Phi) is 8.30. The molecule has 0 atom stereocenters. The lowest BCUT2D eigenvalue weighted by Crippen LogP contribution is -2.33. The molecule has 0 aliphatic carbocycles. The fourth-order valence-corrected chi connectivity index (χ4v) is 3.31. The van der Waals surface area contributed by atoms with E-state index in [2.05, 4.69) is 25.9 Å². The number of aryl methyl sites for hydroxylation is 1. The predicted octanol–water partition coefficient (Wildman–Crippen LogP) is 2.85. The monoisotopic (exact) mass is 437 g/mol. The molecule has 2 aromatic rings. The normalized spacial score (nSPS) is 13.4. The molecule has 2 amide bonds. The largest absolute Gasteiger partial charge is 0.481 e. The predicted molar refractivity (Wildman–Crippen MR) is 122 cm³/mol. The molecule has 0 unspecified atom stereocenters. The molecule has 2 heterocycles. The summed E-state index contributed by atoms with van der Waals surface area (Å²) in [5.41, 5.74) is 1.83. The molecule has 1 aromatic carbocycles. The number of carboxylic acid groups (broad SMARTS) is 1. The van der Waals surface area contributed by atoms with E-state index in [1.807, 2.05) is 6.07 Å². The number of aromatic nitrogens is 1. The molecule has 0 radical (unpaired) electrons. The summed E-state index contributed by atoms with van der Waals surface area (Å²) in [6.45, 7) is 0.573. The van der Waals surface area contributed by atoms with Gasteiger partial charge >= 0.3 is 5.97 Å². The number of anilines is 2. The molecule has 0 saturated carbocycles. The number of nitrogens with one attached hydrogen (secondary N) is 3. The first-order valence-corrected chi connectivity index (χ1v) is 10.7. The average molecular weight is 438 g/mol. The molecule has 4 N–H and O–H groups in total. The molecule has 32 heavy (non-hydrogen) atoms. The number of amidine groups is 1. The quantitative estimate of drug-likeness (QED) is 0.502. The van der Waals surface area contributed by atoms with Gasteiger partial charge in [0.25, 0.3) is 5.91 Å². The van der Waals surface area contributed by atoms with E-state index in [-0.39, 0.29) is 25.3 Å². The van der Waals surface area contributed by atoms with Gasteiger partial charge in [0.1, 0.15) is 11.7 Å². The van der Waals surface area contributed by atoms with Gasteiger partial charge in [0.2, 0.25) is 5.91 Å². The number of nitrogens with zero attached hydrogens (tertiary/aromatic N) is 2. The molecule has 0 bridgehead atoms. The highest BCUT2D eigenvalue weighted by molar-refractivity contribution is 6.01. The van der Waals surface area contributed by atoms with Crippen molar-refractivity contribution < 1.29 is 19.5 Å². The molecular weight excluding hydrogens is 410 g/mol. The van der Waals surface area contributed by atoms with Gasteiger partial charge in [0.15, 0.2) is 0 Å². The van der Waals surface area contributed by atoms with Crippen LogP contribution >= 0.6 is 0 Å². The standard InChI is InChI=1S/C23H27N5O4/c29-20(28-22-16(7-5-13-25-22)10-11-21(30)31)15-26-23(32)17-6-4-8-18(14-17)27-19-9-2-1-3-12-24-19/h4-8,13-14H,1-3,9-12,15H2,(H,24,27)(H,26,32)(H,30,31)(H,25,28,29). The number of carboxylic acids is 1. The van der Waals surface area contributed by atoms with Crippen molar-refractivity contribution >= 4 is 35.1 Å². The maximum absolute atomic E-state index is 12.5. The summed E-state index contributed by atoms with van der Waals surface area (Å²) in [6, 6.07) is 10.4. The van der Waals surface area contributed by atoms with Crippen molar-refractivity contribution in [3.8, 4) is 0 Å². The van der Waals surface area contributed by atoms with Crippen molar-refractivity contribution in [1.29, 1.82) is 0 Å². The Morgan fingerprint density at radius 2 is 1.94 bits per heavy atom. The number of hydrogen-bond donors (Lipinski definition) is 4. The van der Waals surface area contributed by atoms with E-state index in [1.54, 1.807) is 30.3 Å². The first kappa shape index (κ1) is 22.9. The van der Waals surface area contributed by atoms with Crippen molar-refractivity contribution in [2.24, 2.45) is 4.99 Å². The van der Waals surface area contributed by atoms with Gasteiger partial charge < -0.3 is 21.1 Å². The van der Waals surface area contributed by atoms with Crippen LogP contribution < -0.4 is 16.0 Å². The van der Waals surface area contributed by atoms with Crippen LogP contribution in [0.4, 0.5) is 11.5 Å². The lowest BCUT2D eigenvalue weighted by molar-refractivity contribution is -0.137. The van der Waals surface area contributed by atoms with Crippen molar-refractivity contribution in [2.75, 3.05) is 23.7 Å². The van der Waals surface area contributed by atoms with E-state index in [1.165, 1.54) is 12.6 Å². The average Bonchev–Trinajstić information content (AvgIpc) is 3.05. The number of pyridine rings is 1. The number of aliphatic imine (C=N–C) groups is 1. The van der Waals surface area contributed by atoms with Gasteiger partial charge in [-0.15, -0.1) is 0 Å². The highest BCUT2D eigenvalue weighted by Crippen LogP contribution is 2.15. The number of benzene rings is 1. The second-order valence-electron chi connectivity index (χ2n) is 7.48. The molecule has 9 nitrogen and oxygen atoms in total. The number of carbonyl (C=O) groups is 3. The first-order valence-electron chi connectivity index (χ1n) is 10.7. The van der Waals surface area contributed by atoms with Gasteiger partial charge in [-0.25, -0.2) is 4.98 Å². The molecule has 1 aliphatic heterocycles. The molecule has 1 aromatic heterocycles. The Hall–Kier alpha value is -3.75. The molecule has 0 fully saturated rings. The van der Waals surface area contributed by atoms with Crippen molar-refractivity contribution in [1.82, 2.24) is 10.3 Å². The number of hydrogen-bond acceptors (Lipinski definition) is 6. The van der Waals surface area contributed by atoms with E-state index < -0.39 is 11.9 Å². The van der Waals surface area contributed by atoms with Crippen molar-refractivity contribution in [3.63, 3.8) is 0 Å². The third-order valence-electron chi connectivity index (χ3n) is 4.95. The minimum atomic E-state index is -0.929. The van der Waals surface area contributed by atoms with Gasteiger partial charge in [0.05, 0.1) is 6.54 Å². The van der Waals surface area contributed by atoms with Crippen LogP contribution in [0.25, 0.3) is 0 Å². The summed E-state index contributed by atoms with van der Waals surface area (Å²) >= 11 is 0. The second-order valence-corrected chi connectivity index (χ2v) is 7.48. The number of amides is 2. The fraction of sp³-hybridized carbons (Fsp3) is 0.348. The maximum Gasteiger partial charge on any atom is 0.303 e. The maximum atomic E-state index is 12.5. The number of aliphatic carboxylic acids is 1. The van der Waals surface area contributed by atoms with Gasteiger partial charge in [0, 0.05) is 36.8 Å². The Bertz CT molecular complexity index is 1010. The molecule has 168 valence electrons. The van der Waals surface area contributed by atoms with Crippen LogP contribution in [-0.4, -0.2) is 46.8 Å². The third-order valence-corrected chi connectivity index (χ3v) is 4.95. The lowest BCUT2D eigenvalue weighted by Gasteiger charge is -2.11. The summed E-state index contributed by atoms with van der Waals surface area (Å²) in [7, 11) is 0. The van der Waals surface area contributed by atoms with Crippen LogP contribution in [0.5, 0.6) is 0 Å². The third kappa shape index (κ3) is 7.19. The van der Waals surface area contributed by atoms with Crippen LogP contribution in [0, 0.1) is 0 Å². The van der Waals surface area contributed by atoms with Crippen LogP contribution in [0.15, 0.2) is 47.6 Å². The van der Waals surface area contributed by atoms with Crippen LogP contribution in [0.2, 0.25) is 0 Å². The second kappa shape index (κ2) is 11.6. The smallest absolute Gasteiger partial charge is 0.303 e. The van der Waals surface area contributed by atoms with E-state index in [0.29, 0.717) is 16.9 Å². The summed E-state index contributed by atoms with van der Waals surface area (Å²) in [5, 5.41) is 17.4. The molecule has 9 heteroatoms. The van der Waals surface area contributed by atoms with Gasteiger partial charge in [-0.3, -0.25) is 19.4 Å². The summed E-state index contributed by atoms with van der Waals surface area (Å²) < 4.78 is 0. The van der Waals surface area contributed by atoms with Gasteiger partial charge in [-0.05, 0) is 49.1 Å². The summed E-state index contributed by atoms with van der Waals surface area (Å²) in [6.07, 6.45) is 5.93. The lowest BCUT2D eigenvalue weighted by atomic mass is 10.1. The fourth-order valence-electron chi connectivity index (χ4n) is 3.31. The van der Waals surface area contributed by atoms with Crippen LogP contribution in [-0.2, 0) is 16.0 Å². The SMILES string of the molecule is O=C(O)CCc1cccnc1NC(=O)CNC(=O)c1cccc(NC2=NCCCCC2)c1.